The van der Waals surface area contributed by atoms with Crippen LogP contribution in [0.1, 0.15) is 23.6 Å². The second-order valence-electron chi connectivity index (χ2n) is 6.96. The summed E-state index contributed by atoms with van der Waals surface area (Å²) in [5.74, 6) is 1.58. The van der Waals surface area contributed by atoms with Gasteiger partial charge in [-0.15, -0.1) is 10.2 Å². The topological polar surface area (TPSA) is 86.5 Å². The van der Waals surface area contributed by atoms with Gasteiger partial charge in [-0.3, -0.25) is 4.79 Å². The first kappa shape index (κ1) is 19.3. The highest BCUT2D eigenvalue weighted by Crippen LogP contribution is 2.36. The Morgan fingerprint density at radius 3 is 2.55 bits per heavy atom. The number of carbonyl (C=O) groups is 1. The number of hydrogen-bond acceptors (Lipinski definition) is 7. The molecule has 1 atom stereocenters. The lowest BCUT2D eigenvalue weighted by Gasteiger charge is -2.15. The minimum atomic E-state index is -0.403. The van der Waals surface area contributed by atoms with Crippen molar-refractivity contribution in [2.45, 2.75) is 38.2 Å². The van der Waals surface area contributed by atoms with Gasteiger partial charge in [-0.1, -0.05) is 29.5 Å². The predicted molar refractivity (Wildman–Crippen MR) is 110 cm³/mol. The fourth-order valence-electron chi connectivity index (χ4n) is 3.21. The van der Waals surface area contributed by atoms with Crippen molar-refractivity contribution in [3.8, 4) is 23.0 Å². The Morgan fingerprint density at radius 2 is 1.79 bits per heavy atom. The highest BCUT2D eigenvalue weighted by Gasteiger charge is 2.21. The van der Waals surface area contributed by atoms with Gasteiger partial charge in [-0.05, 0) is 57.0 Å². The second-order valence-corrected chi connectivity index (χ2v) is 8.26. The van der Waals surface area contributed by atoms with Crippen LogP contribution >= 0.6 is 11.8 Å². The Bertz CT molecular complexity index is 1060. The number of hydrogen-bond donors (Lipinski definition) is 1. The molecule has 0 spiro atoms. The Balaban J connectivity index is 1.44. The molecule has 4 rings (SSSR count). The number of nitrogens with zero attached hydrogens (tertiary/aromatic N) is 2. The third kappa shape index (κ3) is 4.07. The quantitative estimate of drug-likeness (QED) is 0.618. The molecule has 1 amide bonds. The molecule has 1 aliphatic rings. The molecule has 0 saturated carbocycles. The molecule has 3 aromatic rings. The van der Waals surface area contributed by atoms with Gasteiger partial charge in [0.05, 0.1) is 5.25 Å². The van der Waals surface area contributed by atoms with Crippen LogP contribution in [0.4, 0.5) is 5.69 Å². The lowest BCUT2D eigenvalue weighted by atomic mass is 10.1. The molecule has 1 aliphatic heterocycles. The van der Waals surface area contributed by atoms with E-state index >= 15 is 0 Å². The van der Waals surface area contributed by atoms with E-state index in [0.29, 0.717) is 22.6 Å². The molecule has 29 heavy (non-hydrogen) atoms. The predicted octanol–water partition coefficient (Wildman–Crippen LogP) is 4.51. The minimum absolute atomic E-state index is 0.118. The van der Waals surface area contributed by atoms with Crippen molar-refractivity contribution in [1.82, 2.24) is 10.2 Å². The zero-order chi connectivity index (χ0) is 20.5. The summed E-state index contributed by atoms with van der Waals surface area (Å²) >= 11 is 1.22. The van der Waals surface area contributed by atoms with Crippen molar-refractivity contribution in [2.75, 3.05) is 12.1 Å². The number of fused-ring (bicyclic) bond motifs is 1. The number of ether oxygens (including phenoxy) is 2. The molecular formula is C21H21N3O4S. The van der Waals surface area contributed by atoms with Crippen LogP contribution in [-0.4, -0.2) is 28.1 Å². The molecule has 0 saturated heterocycles. The summed E-state index contributed by atoms with van der Waals surface area (Å²) in [5.41, 5.74) is 4.82. The summed E-state index contributed by atoms with van der Waals surface area (Å²) < 4.78 is 16.4. The van der Waals surface area contributed by atoms with Crippen LogP contribution in [0.3, 0.4) is 0 Å². The molecule has 0 bridgehead atoms. The molecule has 0 radical (unpaired) electrons. The number of nitrogens with one attached hydrogen (secondary N) is 1. The fraction of sp³-hybridized carbons (Fsp3) is 0.286. The summed E-state index contributed by atoms with van der Waals surface area (Å²) in [4.78, 5) is 12.7. The number of thioether (sulfide) groups is 1. The first-order valence-electron chi connectivity index (χ1n) is 9.19. The Kier molecular flexibility index (Phi) is 5.19. The number of benzene rings is 2. The fourth-order valence-corrected chi connectivity index (χ4v) is 3.89. The number of carbonyl (C=O) groups excluding carboxylic acids is 1. The first-order chi connectivity index (χ1) is 13.9. The average molecular weight is 411 g/mol. The van der Waals surface area contributed by atoms with Crippen LogP contribution in [0, 0.1) is 20.8 Å². The Morgan fingerprint density at radius 1 is 1.07 bits per heavy atom. The maximum absolute atomic E-state index is 12.7. The van der Waals surface area contributed by atoms with Gasteiger partial charge in [0, 0.05) is 11.3 Å². The first-order valence-corrected chi connectivity index (χ1v) is 10.1. The number of rotatable bonds is 5. The largest absolute Gasteiger partial charge is 0.454 e. The van der Waals surface area contributed by atoms with Crippen LogP contribution < -0.4 is 14.8 Å². The number of aryl methyl sites for hydroxylation is 3. The van der Waals surface area contributed by atoms with E-state index in [2.05, 4.69) is 27.6 Å². The third-order valence-corrected chi connectivity index (χ3v) is 5.53. The van der Waals surface area contributed by atoms with E-state index in [-0.39, 0.29) is 12.7 Å². The van der Waals surface area contributed by atoms with Crippen molar-refractivity contribution in [2.24, 2.45) is 0 Å². The molecular weight excluding hydrogens is 390 g/mol. The smallest absolute Gasteiger partial charge is 0.277 e. The number of aromatic nitrogens is 2. The van der Waals surface area contributed by atoms with Crippen molar-refractivity contribution < 1.29 is 18.7 Å². The standard InChI is InChI=1S/C21H21N3O4S/c1-11-7-12(2)18(13(3)8-11)22-19(25)14(4)29-21-24-23-20(28-21)15-5-6-16-17(9-15)27-10-26-16/h5-9,14H,10H2,1-4H3,(H,22,25)/t14-/m0/s1. The molecule has 1 N–H and O–H groups in total. The van der Waals surface area contributed by atoms with Crippen LogP contribution in [-0.2, 0) is 4.79 Å². The molecule has 150 valence electrons. The summed E-state index contributed by atoms with van der Waals surface area (Å²) in [6.07, 6.45) is 0. The lowest BCUT2D eigenvalue weighted by Crippen LogP contribution is -2.23. The molecule has 0 fully saturated rings. The zero-order valence-electron chi connectivity index (χ0n) is 16.6. The molecule has 2 heterocycles. The summed E-state index contributed by atoms with van der Waals surface area (Å²) in [7, 11) is 0. The monoisotopic (exact) mass is 411 g/mol. The van der Waals surface area contributed by atoms with Gasteiger partial charge >= 0.3 is 0 Å². The van der Waals surface area contributed by atoms with Gasteiger partial charge in [0.15, 0.2) is 11.5 Å². The average Bonchev–Trinajstić information content (AvgIpc) is 3.32. The van der Waals surface area contributed by atoms with Crippen LogP contribution in [0.25, 0.3) is 11.5 Å². The summed E-state index contributed by atoms with van der Waals surface area (Å²) in [6, 6.07) is 9.53. The van der Waals surface area contributed by atoms with Crippen LogP contribution in [0.15, 0.2) is 40.0 Å². The van der Waals surface area contributed by atoms with Crippen molar-refractivity contribution >= 4 is 23.4 Å². The number of anilines is 1. The van der Waals surface area contributed by atoms with E-state index in [4.69, 9.17) is 13.9 Å². The lowest BCUT2D eigenvalue weighted by molar-refractivity contribution is -0.115. The van der Waals surface area contributed by atoms with Gasteiger partial charge < -0.3 is 19.2 Å². The van der Waals surface area contributed by atoms with Crippen LogP contribution in [0.2, 0.25) is 0 Å². The second kappa shape index (κ2) is 7.79. The minimum Gasteiger partial charge on any atom is -0.454 e. The van der Waals surface area contributed by atoms with E-state index < -0.39 is 5.25 Å². The molecule has 8 heteroatoms. The van der Waals surface area contributed by atoms with Gasteiger partial charge in [0.25, 0.3) is 5.22 Å². The summed E-state index contributed by atoms with van der Waals surface area (Å²) in [5, 5.41) is 11.1. The number of amides is 1. The zero-order valence-corrected chi connectivity index (χ0v) is 17.4. The van der Waals surface area contributed by atoms with E-state index in [1.54, 1.807) is 12.1 Å². The van der Waals surface area contributed by atoms with Crippen molar-refractivity contribution in [3.05, 3.63) is 47.0 Å². The molecule has 0 aliphatic carbocycles. The molecule has 2 aromatic carbocycles. The van der Waals surface area contributed by atoms with Gasteiger partial charge in [-0.2, -0.15) is 0 Å². The third-order valence-electron chi connectivity index (χ3n) is 4.60. The van der Waals surface area contributed by atoms with Crippen molar-refractivity contribution in [1.29, 1.82) is 0 Å². The van der Waals surface area contributed by atoms with Crippen LogP contribution in [0.5, 0.6) is 11.5 Å². The SMILES string of the molecule is Cc1cc(C)c(NC(=O)[C@H](C)Sc2nnc(-c3ccc4c(c3)OCO4)o2)c(C)c1. The highest BCUT2D eigenvalue weighted by atomic mass is 32.2. The normalized spacial score (nSPS) is 13.4. The molecule has 1 aromatic heterocycles. The summed E-state index contributed by atoms with van der Waals surface area (Å²) in [6.45, 7) is 8.03. The van der Waals surface area contributed by atoms with E-state index in [9.17, 15) is 4.79 Å². The Hall–Kier alpha value is -3.00. The molecule has 0 unspecified atom stereocenters. The maximum atomic E-state index is 12.7. The van der Waals surface area contributed by atoms with Gasteiger partial charge in [0.2, 0.25) is 18.6 Å². The van der Waals surface area contributed by atoms with E-state index in [1.807, 2.05) is 33.8 Å². The highest BCUT2D eigenvalue weighted by molar-refractivity contribution is 8.00. The molecule has 7 nitrogen and oxygen atoms in total. The maximum Gasteiger partial charge on any atom is 0.277 e. The van der Waals surface area contributed by atoms with Gasteiger partial charge in [0.1, 0.15) is 0 Å². The van der Waals surface area contributed by atoms with E-state index in [1.165, 1.54) is 17.3 Å². The van der Waals surface area contributed by atoms with Crippen molar-refractivity contribution in [3.63, 3.8) is 0 Å². The Labute approximate surface area is 172 Å². The van der Waals surface area contributed by atoms with Gasteiger partial charge in [-0.25, -0.2) is 0 Å². The van der Waals surface area contributed by atoms with E-state index in [0.717, 1.165) is 22.4 Å².